The number of carboxylic acids is 1. The zero-order valence-corrected chi connectivity index (χ0v) is 11.6. The summed E-state index contributed by atoms with van der Waals surface area (Å²) in [5.74, 6) is -1.07. The number of benzene rings is 1. The first-order valence-corrected chi connectivity index (χ1v) is 6.88. The smallest absolute Gasteiger partial charge is 0.330 e. The van der Waals surface area contributed by atoms with Crippen molar-refractivity contribution in [2.75, 3.05) is 6.54 Å². The summed E-state index contributed by atoms with van der Waals surface area (Å²) in [6, 6.07) is 7.23. The number of carbonyl (C=O) groups excluding carboxylic acids is 1. The Morgan fingerprint density at radius 2 is 1.95 bits per heavy atom. The fourth-order valence-corrected chi connectivity index (χ4v) is 2.22. The normalized spacial score (nSPS) is 17.1. The number of carboxylic acid groups (broad SMARTS) is 1. The third-order valence-electron chi connectivity index (χ3n) is 3.99. The monoisotopic (exact) mass is 276 g/mol. The molecule has 1 aliphatic carbocycles. The van der Waals surface area contributed by atoms with Crippen molar-refractivity contribution >= 4 is 12.0 Å². The van der Waals surface area contributed by atoms with Gasteiger partial charge in [0.15, 0.2) is 6.04 Å². The van der Waals surface area contributed by atoms with Gasteiger partial charge in [0.1, 0.15) is 0 Å². The fraction of sp³-hybridized carbons (Fsp3) is 0.467. The van der Waals surface area contributed by atoms with Gasteiger partial charge >= 0.3 is 12.0 Å². The molecule has 1 fully saturated rings. The quantitative estimate of drug-likeness (QED) is 0.746. The molecule has 1 aromatic rings. The molecule has 0 radical (unpaired) electrons. The number of hydrogen-bond donors (Lipinski definition) is 3. The summed E-state index contributed by atoms with van der Waals surface area (Å²) in [7, 11) is 0. The van der Waals surface area contributed by atoms with E-state index in [1.54, 1.807) is 30.3 Å². The standard InChI is InChI=1S/C15H20N2O3/c1-2-15(8-9-15)10-16-14(20)17-12(13(18)19)11-6-4-3-5-7-11/h3-7,12H,2,8-10H2,1H3,(H,18,19)(H2,16,17,20). The molecule has 0 aromatic heterocycles. The lowest BCUT2D eigenvalue weighted by Crippen LogP contribution is -2.42. The van der Waals surface area contributed by atoms with Crippen LogP contribution in [0.3, 0.4) is 0 Å². The van der Waals surface area contributed by atoms with Gasteiger partial charge in [-0.2, -0.15) is 0 Å². The number of amides is 2. The summed E-state index contributed by atoms with van der Waals surface area (Å²) in [5, 5.41) is 14.5. The van der Waals surface area contributed by atoms with Gasteiger partial charge < -0.3 is 15.7 Å². The summed E-state index contributed by atoms with van der Waals surface area (Å²) in [4.78, 5) is 23.1. The topological polar surface area (TPSA) is 78.4 Å². The van der Waals surface area contributed by atoms with E-state index in [1.807, 2.05) is 0 Å². The summed E-state index contributed by atoms with van der Waals surface area (Å²) in [6.45, 7) is 2.72. The molecule has 5 heteroatoms. The predicted octanol–water partition coefficient (Wildman–Crippen LogP) is 2.30. The molecule has 1 atom stereocenters. The summed E-state index contributed by atoms with van der Waals surface area (Å²) in [6.07, 6.45) is 3.30. The van der Waals surface area contributed by atoms with Gasteiger partial charge in [0.05, 0.1) is 0 Å². The van der Waals surface area contributed by atoms with Gasteiger partial charge in [-0.1, -0.05) is 37.3 Å². The van der Waals surface area contributed by atoms with E-state index < -0.39 is 18.0 Å². The van der Waals surface area contributed by atoms with Gasteiger partial charge in [0.2, 0.25) is 0 Å². The first kappa shape index (κ1) is 14.4. The molecule has 1 aromatic carbocycles. The van der Waals surface area contributed by atoms with Crippen LogP contribution in [0.15, 0.2) is 30.3 Å². The zero-order valence-electron chi connectivity index (χ0n) is 11.6. The van der Waals surface area contributed by atoms with Crippen LogP contribution >= 0.6 is 0 Å². The molecular formula is C15H20N2O3. The SMILES string of the molecule is CCC1(CNC(=O)NC(C(=O)O)c2ccccc2)CC1. The Bertz CT molecular complexity index is 483. The van der Waals surface area contributed by atoms with Crippen LogP contribution in [0.25, 0.3) is 0 Å². The van der Waals surface area contributed by atoms with E-state index in [0.717, 1.165) is 19.3 Å². The van der Waals surface area contributed by atoms with Crippen LogP contribution in [0.1, 0.15) is 37.8 Å². The van der Waals surface area contributed by atoms with Crippen molar-refractivity contribution < 1.29 is 14.7 Å². The van der Waals surface area contributed by atoms with Crippen molar-refractivity contribution in [1.82, 2.24) is 10.6 Å². The Morgan fingerprint density at radius 1 is 1.30 bits per heavy atom. The van der Waals surface area contributed by atoms with Gasteiger partial charge in [0, 0.05) is 6.54 Å². The van der Waals surface area contributed by atoms with E-state index in [2.05, 4.69) is 17.6 Å². The number of urea groups is 1. The zero-order chi connectivity index (χ0) is 14.6. The van der Waals surface area contributed by atoms with Crippen LogP contribution in [0.2, 0.25) is 0 Å². The van der Waals surface area contributed by atoms with Gasteiger partial charge in [-0.25, -0.2) is 9.59 Å². The van der Waals surface area contributed by atoms with Crippen molar-refractivity contribution in [2.45, 2.75) is 32.2 Å². The second kappa shape index (κ2) is 5.94. The number of hydrogen-bond acceptors (Lipinski definition) is 2. The molecular weight excluding hydrogens is 256 g/mol. The molecule has 2 amide bonds. The van der Waals surface area contributed by atoms with E-state index in [0.29, 0.717) is 12.1 Å². The highest BCUT2D eigenvalue weighted by molar-refractivity contribution is 5.83. The third-order valence-corrected chi connectivity index (χ3v) is 3.99. The van der Waals surface area contributed by atoms with Gasteiger partial charge in [0.25, 0.3) is 0 Å². The lowest BCUT2D eigenvalue weighted by Gasteiger charge is -2.18. The van der Waals surface area contributed by atoms with Crippen molar-refractivity contribution in [3.8, 4) is 0 Å². The van der Waals surface area contributed by atoms with E-state index in [-0.39, 0.29) is 5.41 Å². The van der Waals surface area contributed by atoms with Crippen LogP contribution in [0, 0.1) is 5.41 Å². The van der Waals surface area contributed by atoms with E-state index in [4.69, 9.17) is 0 Å². The van der Waals surface area contributed by atoms with Crippen LogP contribution in [0.4, 0.5) is 4.79 Å². The molecule has 1 aliphatic rings. The number of rotatable bonds is 6. The highest BCUT2D eigenvalue weighted by Gasteiger charge is 2.40. The van der Waals surface area contributed by atoms with Crippen LogP contribution in [0.5, 0.6) is 0 Å². The maximum absolute atomic E-state index is 11.8. The fourth-order valence-electron chi connectivity index (χ4n) is 2.22. The Kier molecular flexibility index (Phi) is 4.27. The summed E-state index contributed by atoms with van der Waals surface area (Å²) >= 11 is 0. The van der Waals surface area contributed by atoms with Gasteiger partial charge in [-0.15, -0.1) is 0 Å². The first-order valence-electron chi connectivity index (χ1n) is 6.88. The van der Waals surface area contributed by atoms with E-state index >= 15 is 0 Å². The van der Waals surface area contributed by atoms with Crippen LogP contribution in [-0.4, -0.2) is 23.7 Å². The van der Waals surface area contributed by atoms with Crippen molar-refractivity contribution in [3.05, 3.63) is 35.9 Å². The maximum Gasteiger partial charge on any atom is 0.330 e. The molecule has 1 saturated carbocycles. The van der Waals surface area contributed by atoms with Gasteiger partial charge in [-0.05, 0) is 30.2 Å². The van der Waals surface area contributed by atoms with Gasteiger partial charge in [-0.3, -0.25) is 0 Å². The largest absolute Gasteiger partial charge is 0.479 e. The average Bonchev–Trinajstić information content (AvgIpc) is 3.24. The molecule has 0 bridgehead atoms. The molecule has 2 rings (SSSR count). The molecule has 0 spiro atoms. The highest BCUT2D eigenvalue weighted by Crippen LogP contribution is 2.47. The Balaban J connectivity index is 1.92. The minimum atomic E-state index is -1.07. The predicted molar refractivity (Wildman–Crippen MR) is 75.3 cm³/mol. The van der Waals surface area contributed by atoms with Crippen molar-refractivity contribution in [2.24, 2.45) is 5.41 Å². The van der Waals surface area contributed by atoms with Crippen molar-refractivity contribution in [3.63, 3.8) is 0 Å². The Hall–Kier alpha value is -2.04. The molecule has 3 N–H and O–H groups in total. The number of aliphatic carboxylic acids is 1. The third kappa shape index (κ3) is 3.50. The Morgan fingerprint density at radius 3 is 2.45 bits per heavy atom. The minimum absolute atomic E-state index is 0.239. The second-order valence-electron chi connectivity index (χ2n) is 5.36. The van der Waals surface area contributed by atoms with E-state index in [1.165, 1.54) is 0 Å². The molecule has 108 valence electrons. The van der Waals surface area contributed by atoms with Crippen molar-refractivity contribution in [1.29, 1.82) is 0 Å². The maximum atomic E-state index is 11.8. The molecule has 0 heterocycles. The van der Waals surface area contributed by atoms with Crippen LogP contribution < -0.4 is 10.6 Å². The average molecular weight is 276 g/mol. The lowest BCUT2D eigenvalue weighted by molar-refractivity contribution is -0.139. The summed E-state index contributed by atoms with van der Waals surface area (Å²) in [5.41, 5.74) is 0.801. The Labute approximate surface area is 118 Å². The lowest BCUT2D eigenvalue weighted by atomic mass is 10.0. The highest BCUT2D eigenvalue weighted by atomic mass is 16.4. The van der Waals surface area contributed by atoms with Crippen LogP contribution in [-0.2, 0) is 4.79 Å². The second-order valence-corrected chi connectivity index (χ2v) is 5.36. The molecule has 5 nitrogen and oxygen atoms in total. The molecule has 0 aliphatic heterocycles. The summed E-state index contributed by atoms with van der Waals surface area (Å²) < 4.78 is 0. The molecule has 0 saturated heterocycles. The molecule has 20 heavy (non-hydrogen) atoms. The number of carbonyl (C=O) groups is 2. The molecule has 1 unspecified atom stereocenters. The first-order chi connectivity index (χ1) is 9.56. The minimum Gasteiger partial charge on any atom is -0.479 e. The van der Waals surface area contributed by atoms with E-state index in [9.17, 15) is 14.7 Å². The number of nitrogens with one attached hydrogen (secondary N) is 2.